The predicted molar refractivity (Wildman–Crippen MR) is 69.9 cm³/mol. The number of carbonyl (C=O) groups is 2. The smallest absolute Gasteiger partial charge is 0.323 e. The zero-order valence-corrected chi connectivity index (χ0v) is 11.2. The van der Waals surface area contributed by atoms with Crippen LogP contribution in [0.3, 0.4) is 0 Å². The summed E-state index contributed by atoms with van der Waals surface area (Å²) in [6.45, 7) is 2.84. The Morgan fingerprint density at radius 1 is 1.47 bits per heavy atom. The van der Waals surface area contributed by atoms with Gasteiger partial charge in [0.05, 0.1) is 10.7 Å². The van der Waals surface area contributed by atoms with Crippen LogP contribution in [-0.4, -0.2) is 34.6 Å². The second-order valence-corrected chi connectivity index (χ2v) is 4.55. The van der Waals surface area contributed by atoms with Crippen molar-refractivity contribution in [2.75, 3.05) is 11.9 Å². The SMILES string of the molecule is CC(C)N(CC(=O)O)C(=O)Nc1c(F)cccc1Cl. The lowest BCUT2D eigenvalue weighted by Crippen LogP contribution is -2.43. The summed E-state index contributed by atoms with van der Waals surface area (Å²) < 4.78 is 13.5. The molecular weight excluding hydrogens is 275 g/mol. The Labute approximate surface area is 115 Å². The van der Waals surface area contributed by atoms with Crippen molar-refractivity contribution in [2.45, 2.75) is 19.9 Å². The number of anilines is 1. The standard InChI is InChI=1S/C12H14ClFN2O3/c1-7(2)16(6-10(17)18)12(19)15-11-8(13)4-3-5-9(11)14/h3-5,7H,6H2,1-2H3,(H,15,19)(H,17,18). The largest absolute Gasteiger partial charge is 0.480 e. The van der Waals surface area contributed by atoms with Crippen molar-refractivity contribution in [2.24, 2.45) is 0 Å². The van der Waals surface area contributed by atoms with E-state index in [-0.39, 0.29) is 16.8 Å². The molecule has 104 valence electrons. The van der Waals surface area contributed by atoms with Gasteiger partial charge in [-0.3, -0.25) is 4.79 Å². The van der Waals surface area contributed by atoms with Gasteiger partial charge in [0.1, 0.15) is 12.4 Å². The number of carboxylic acid groups (broad SMARTS) is 1. The van der Waals surface area contributed by atoms with Gasteiger partial charge >= 0.3 is 12.0 Å². The molecule has 19 heavy (non-hydrogen) atoms. The summed E-state index contributed by atoms with van der Waals surface area (Å²) >= 11 is 5.77. The Hall–Kier alpha value is -1.82. The number of benzene rings is 1. The zero-order chi connectivity index (χ0) is 14.6. The molecule has 0 heterocycles. The number of carbonyl (C=O) groups excluding carboxylic acids is 1. The van der Waals surface area contributed by atoms with E-state index in [1.54, 1.807) is 13.8 Å². The number of hydrogen-bond acceptors (Lipinski definition) is 2. The Balaban J connectivity index is 2.90. The number of aliphatic carboxylic acids is 1. The van der Waals surface area contributed by atoms with E-state index in [2.05, 4.69) is 5.32 Å². The summed E-state index contributed by atoms with van der Waals surface area (Å²) in [5.74, 6) is -1.83. The van der Waals surface area contributed by atoms with Crippen molar-refractivity contribution < 1.29 is 19.1 Å². The van der Waals surface area contributed by atoms with Crippen molar-refractivity contribution in [1.82, 2.24) is 4.90 Å². The summed E-state index contributed by atoms with van der Waals surface area (Å²) in [5, 5.41) is 11.1. The van der Waals surface area contributed by atoms with Crippen LogP contribution in [0.25, 0.3) is 0 Å². The van der Waals surface area contributed by atoms with Gasteiger partial charge in [0.25, 0.3) is 0 Å². The normalized spacial score (nSPS) is 10.4. The van der Waals surface area contributed by atoms with Gasteiger partial charge in [-0.05, 0) is 26.0 Å². The number of hydrogen-bond donors (Lipinski definition) is 2. The van der Waals surface area contributed by atoms with E-state index in [0.717, 1.165) is 11.0 Å². The lowest BCUT2D eigenvalue weighted by atomic mass is 10.3. The number of nitrogens with zero attached hydrogens (tertiary/aromatic N) is 1. The van der Waals surface area contributed by atoms with E-state index in [1.807, 2.05) is 0 Å². The van der Waals surface area contributed by atoms with E-state index >= 15 is 0 Å². The van der Waals surface area contributed by atoms with Crippen LogP contribution in [0.4, 0.5) is 14.9 Å². The van der Waals surface area contributed by atoms with Crippen LogP contribution in [0.1, 0.15) is 13.8 Å². The molecule has 0 unspecified atom stereocenters. The number of para-hydroxylation sites is 1. The summed E-state index contributed by atoms with van der Waals surface area (Å²) in [4.78, 5) is 23.7. The number of urea groups is 1. The molecule has 0 aliphatic rings. The fourth-order valence-corrected chi connectivity index (χ4v) is 1.64. The maximum atomic E-state index is 13.5. The van der Waals surface area contributed by atoms with E-state index in [4.69, 9.17) is 16.7 Å². The van der Waals surface area contributed by atoms with Gasteiger partial charge in [-0.15, -0.1) is 0 Å². The average Bonchev–Trinajstić information content (AvgIpc) is 2.30. The van der Waals surface area contributed by atoms with Gasteiger partial charge in [0.2, 0.25) is 0 Å². The van der Waals surface area contributed by atoms with Gasteiger partial charge in [0, 0.05) is 6.04 Å². The number of carboxylic acids is 1. The molecule has 0 saturated heterocycles. The van der Waals surface area contributed by atoms with Crippen molar-refractivity contribution in [3.05, 3.63) is 29.0 Å². The first-order chi connectivity index (χ1) is 8.82. The van der Waals surface area contributed by atoms with Crippen LogP contribution in [-0.2, 0) is 4.79 Å². The molecule has 1 aromatic rings. The summed E-state index contributed by atoms with van der Waals surface area (Å²) in [6.07, 6.45) is 0. The fourth-order valence-electron chi connectivity index (χ4n) is 1.43. The molecule has 0 aliphatic heterocycles. The molecule has 0 fully saturated rings. The van der Waals surface area contributed by atoms with Crippen molar-refractivity contribution >= 4 is 29.3 Å². The van der Waals surface area contributed by atoms with E-state index in [9.17, 15) is 14.0 Å². The monoisotopic (exact) mass is 288 g/mol. The molecule has 5 nitrogen and oxygen atoms in total. The summed E-state index contributed by atoms with van der Waals surface area (Å²) in [7, 11) is 0. The molecule has 2 amide bonds. The number of amides is 2. The van der Waals surface area contributed by atoms with Crippen LogP contribution < -0.4 is 5.32 Å². The molecule has 0 bridgehead atoms. The van der Waals surface area contributed by atoms with Gasteiger partial charge in [-0.2, -0.15) is 0 Å². The van der Waals surface area contributed by atoms with Crippen LogP contribution >= 0.6 is 11.6 Å². The second kappa shape index (κ2) is 6.38. The Bertz CT molecular complexity index is 474. The summed E-state index contributed by atoms with van der Waals surface area (Å²) in [5.41, 5.74) is -0.162. The highest BCUT2D eigenvalue weighted by atomic mass is 35.5. The maximum Gasteiger partial charge on any atom is 0.323 e. The number of rotatable bonds is 4. The summed E-state index contributed by atoms with van der Waals surface area (Å²) in [6, 6.07) is 2.92. The highest BCUT2D eigenvalue weighted by Gasteiger charge is 2.21. The van der Waals surface area contributed by atoms with Crippen LogP contribution in [0.15, 0.2) is 18.2 Å². The molecule has 0 aliphatic carbocycles. The second-order valence-electron chi connectivity index (χ2n) is 4.14. The maximum absolute atomic E-state index is 13.5. The van der Waals surface area contributed by atoms with Gasteiger partial charge in [-0.1, -0.05) is 17.7 Å². The van der Waals surface area contributed by atoms with Crippen molar-refractivity contribution in [3.63, 3.8) is 0 Å². The molecule has 0 radical (unpaired) electrons. The van der Waals surface area contributed by atoms with Gasteiger partial charge in [-0.25, -0.2) is 9.18 Å². The molecule has 7 heteroatoms. The molecular formula is C12H14ClFN2O3. The van der Waals surface area contributed by atoms with E-state index in [0.29, 0.717) is 0 Å². The molecule has 0 aromatic heterocycles. The Morgan fingerprint density at radius 3 is 2.58 bits per heavy atom. The molecule has 1 rings (SSSR count). The van der Waals surface area contributed by atoms with Crippen molar-refractivity contribution in [3.8, 4) is 0 Å². The molecule has 0 atom stereocenters. The minimum Gasteiger partial charge on any atom is -0.480 e. The molecule has 1 aromatic carbocycles. The quantitative estimate of drug-likeness (QED) is 0.895. The Morgan fingerprint density at radius 2 is 2.11 bits per heavy atom. The fraction of sp³-hybridized carbons (Fsp3) is 0.333. The van der Waals surface area contributed by atoms with E-state index < -0.39 is 24.4 Å². The third-order valence-corrected chi connectivity index (χ3v) is 2.70. The lowest BCUT2D eigenvalue weighted by molar-refractivity contribution is -0.137. The van der Waals surface area contributed by atoms with Crippen LogP contribution in [0.5, 0.6) is 0 Å². The third-order valence-electron chi connectivity index (χ3n) is 2.38. The third kappa shape index (κ3) is 4.10. The lowest BCUT2D eigenvalue weighted by Gasteiger charge is -2.25. The first-order valence-electron chi connectivity index (χ1n) is 5.56. The highest BCUT2D eigenvalue weighted by molar-refractivity contribution is 6.33. The number of halogens is 2. The Kier molecular flexibility index (Phi) is 5.11. The first kappa shape index (κ1) is 15.2. The van der Waals surface area contributed by atoms with Gasteiger partial charge < -0.3 is 15.3 Å². The van der Waals surface area contributed by atoms with Crippen LogP contribution in [0, 0.1) is 5.82 Å². The number of nitrogens with one attached hydrogen (secondary N) is 1. The molecule has 2 N–H and O–H groups in total. The minimum atomic E-state index is -1.15. The van der Waals surface area contributed by atoms with E-state index in [1.165, 1.54) is 12.1 Å². The average molecular weight is 289 g/mol. The van der Waals surface area contributed by atoms with Crippen molar-refractivity contribution in [1.29, 1.82) is 0 Å². The topological polar surface area (TPSA) is 69.6 Å². The first-order valence-corrected chi connectivity index (χ1v) is 5.94. The van der Waals surface area contributed by atoms with Crippen LogP contribution in [0.2, 0.25) is 5.02 Å². The minimum absolute atomic E-state index is 0.0485. The predicted octanol–water partition coefficient (Wildman–Crippen LogP) is 2.81. The zero-order valence-electron chi connectivity index (χ0n) is 10.5. The van der Waals surface area contributed by atoms with Gasteiger partial charge in [0.15, 0.2) is 0 Å². The molecule has 0 spiro atoms. The highest BCUT2D eigenvalue weighted by Crippen LogP contribution is 2.25. The molecule has 0 saturated carbocycles.